The van der Waals surface area contributed by atoms with Crippen molar-refractivity contribution >= 4 is 10.0 Å². The van der Waals surface area contributed by atoms with Crippen molar-refractivity contribution in [2.24, 2.45) is 5.14 Å². The van der Waals surface area contributed by atoms with E-state index in [1.165, 1.54) is 0 Å². The third-order valence-electron chi connectivity index (χ3n) is 2.10. The second kappa shape index (κ2) is 3.08. The second-order valence-corrected chi connectivity index (χ2v) is 4.77. The van der Waals surface area contributed by atoms with E-state index in [2.05, 4.69) is 0 Å². The summed E-state index contributed by atoms with van der Waals surface area (Å²) < 4.78 is 21.4. The van der Waals surface area contributed by atoms with E-state index in [-0.39, 0.29) is 11.8 Å². The van der Waals surface area contributed by atoms with E-state index in [9.17, 15) is 8.42 Å². The van der Waals surface area contributed by atoms with Crippen LogP contribution in [0.3, 0.4) is 0 Å². The highest BCUT2D eigenvalue weighted by molar-refractivity contribution is 7.89. The highest BCUT2D eigenvalue weighted by Gasteiger charge is 2.24. The van der Waals surface area contributed by atoms with Crippen molar-refractivity contribution in [1.82, 2.24) is 4.90 Å². The molecule has 1 heterocycles. The first-order chi connectivity index (χ1) is 4.99. The molecule has 1 atom stereocenters. The molecule has 2 N–H and O–H groups in total. The maximum atomic E-state index is 10.7. The number of nitrogens with zero attached hydrogens (tertiary/aromatic N) is 1. The Bertz CT molecular complexity index is 225. The molecular formula is C6H14N2O2S. The minimum absolute atomic E-state index is 0.101. The predicted molar refractivity (Wildman–Crippen MR) is 43.6 cm³/mol. The molecule has 0 aliphatic carbocycles. The van der Waals surface area contributed by atoms with Gasteiger partial charge in [0.1, 0.15) is 0 Å². The molecule has 4 nitrogen and oxygen atoms in total. The van der Waals surface area contributed by atoms with E-state index in [0.717, 1.165) is 19.4 Å². The first kappa shape index (κ1) is 8.96. The van der Waals surface area contributed by atoms with E-state index in [0.29, 0.717) is 0 Å². The summed E-state index contributed by atoms with van der Waals surface area (Å²) in [6, 6.07) is 0.144. The minimum Gasteiger partial charge on any atom is -0.302 e. The summed E-state index contributed by atoms with van der Waals surface area (Å²) in [5.41, 5.74) is 0. The molecule has 66 valence electrons. The van der Waals surface area contributed by atoms with Crippen LogP contribution >= 0.6 is 0 Å². The lowest BCUT2D eigenvalue weighted by atomic mass is 10.2. The molecule has 0 aromatic carbocycles. The fourth-order valence-electron chi connectivity index (χ4n) is 1.46. The molecule has 0 aromatic rings. The number of nitrogens with two attached hydrogens (primary N) is 1. The Kier molecular flexibility index (Phi) is 2.51. The van der Waals surface area contributed by atoms with E-state index in [1.54, 1.807) is 0 Å². The van der Waals surface area contributed by atoms with Crippen LogP contribution in [-0.2, 0) is 10.0 Å². The van der Waals surface area contributed by atoms with Crippen molar-refractivity contribution < 1.29 is 8.42 Å². The van der Waals surface area contributed by atoms with Gasteiger partial charge in [0.2, 0.25) is 10.0 Å². The van der Waals surface area contributed by atoms with Crippen LogP contribution in [0, 0.1) is 0 Å². The standard InChI is InChI=1S/C6H14N2O2S/c1-8-4-2-3-6(8)5-11(7,9)10/h6H,2-5H2,1H3,(H2,7,9,10). The molecular weight excluding hydrogens is 164 g/mol. The average Bonchev–Trinajstić information content (AvgIpc) is 2.12. The Hall–Kier alpha value is -0.130. The third kappa shape index (κ3) is 2.76. The van der Waals surface area contributed by atoms with Gasteiger partial charge < -0.3 is 4.90 Å². The van der Waals surface area contributed by atoms with Crippen molar-refractivity contribution in [2.45, 2.75) is 18.9 Å². The molecule has 0 amide bonds. The number of rotatable bonds is 2. The molecule has 1 saturated heterocycles. The minimum atomic E-state index is -3.28. The number of hydrogen-bond acceptors (Lipinski definition) is 3. The molecule has 11 heavy (non-hydrogen) atoms. The van der Waals surface area contributed by atoms with Gasteiger partial charge in [0.05, 0.1) is 5.75 Å². The number of primary sulfonamides is 1. The zero-order valence-corrected chi connectivity index (χ0v) is 7.47. The maximum Gasteiger partial charge on any atom is 0.210 e. The normalized spacial score (nSPS) is 27.6. The van der Waals surface area contributed by atoms with Gasteiger partial charge >= 0.3 is 0 Å². The Morgan fingerprint density at radius 2 is 2.27 bits per heavy atom. The summed E-state index contributed by atoms with van der Waals surface area (Å²) >= 11 is 0. The topological polar surface area (TPSA) is 63.4 Å². The quantitative estimate of drug-likeness (QED) is 0.612. The molecule has 1 aliphatic rings. The van der Waals surface area contributed by atoms with E-state index < -0.39 is 10.0 Å². The third-order valence-corrected chi connectivity index (χ3v) is 2.95. The largest absolute Gasteiger partial charge is 0.302 e. The maximum absolute atomic E-state index is 10.7. The van der Waals surface area contributed by atoms with Crippen LogP contribution in [0.15, 0.2) is 0 Å². The lowest BCUT2D eigenvalue weighted by molar-refractivity contribution is 0.331. The van der Waals surface area contributed by atoms with Crippen molar-refractivity contribution in [3.05, 3.63) is 0 Å². The first-order valence-corrected chi connectivity index (χ1v) is 5.41. The van der Waals surface area contributed by atoms with Gasteiger partial charge in [-0.05, 0) is 26.4 Å². The lowest BCUT2D eigenvalue weighted by Gasteiger charge is -2.17. The van der Waals surface area contributed by atoms with Gasteiger partial charge in [-0.1, -0.05) is 0 Å². The Morgan fingerprint density at radius 3 is 2.64 bits per heavy atom. The van der Waals surface area contributed by atoms with E-state index in [4.69, 9.17) is 5.14 Å². The van der Waals surface area contributed by atoms with Gasteiger partial charge in [-0.25, -0.2) is 13.6 Å². The van der Waals surface area contributed by atoms with Crippen molar-refractivity contribution in [1.29, 1.82) is 0 Å². The molecule has 0 aromatic heterocycles. The summed E-state index contributed by atoms with van der Waals surface area (Å²) in [5, 5.41) is 4.92. The zero-order chi connectivity index (χ0) is 8.48. The summed E-state index contributed by atoms with van der Waals surface area (Å²) in [6.07, 6.45) is 2.03. The van der Waals surface area contributed by atoms with Crippen molar-refractivity contribution in [3.63, 3.8) is 0 Å². The second-order valence-electron chi connectivity index (χ2n) is 3.11. The molecule has 1 unspecified atom stereocenters. The van der Waals surface area contributed by atoms with E-state index in [1.807, 2.05) is 11.9 Å². The molecule has 0 bridgehead atoms. The predicted octanol–water partition coefficient (Wildman–Crippen LogP) is -0.631. The van der Waals surface area contributed by atoms with Gasteiger partial charge in [0, 0.05) is 6.04 Å². The number of likely N-dealkylation sites (tertiary alicyclic amines) is 1. The van der Waals surface area contributed by atoms with Crippen molar-refractivity contribution in [3.8, 4) is 0 Å². The fourth-order valence-corrected chi connectivity index (χ4v) is 2.42. The Labute approximate surface area is 67.4 Å². The molecule has 0 saturated carbocycles. The number of hydrogen-bond donors (Lipinski definition) is 1. The summed E-state index contributed by atoms with van der Waals surface area (Å²) in [5.74, 6) is 0.101. The summed E-state index contributed by atoms with van der Waals surface area (Å²) in [6.45, 7) is 0.986. The summed E-state index contributed by atoms with van der Waals surface area (Å²) in [4.78, 5) is 2.05. The van der Waals surface area contributed by atoms with Crippen LogP contribution in [0.4, 0.5) is 0 Å². The van der Waals surface area contributed by atoms with Gasteiger partial charge in [-0.2, -0.15) is 0 Å². The summed E-state index contributed by atoms with van der Waals surface area (Å²) in [7, 11) is -1.35. The van der Waals surface area contributed by atoms with Gasteiger partial charge in [0.25, 0.3) is 0 Å². The number of sulfonamides is 1. The zero-order valence-electron chi connectivity index (χ0n) is 6.66. The van der Waals surface area contributed by atoms with Gasteiger partial charge in [-0.3, -0.25) is 0 Å². The smallest absolute Gasteiger partial charge is 0.210 e. The SMILES string of the molecule is CN1CCCC1CS(N)(=O)=O. The van der Waals surface area contributed by atoms with Crippen LogP contribution < -0.4 is 5.14 Å². The monoisotopic (exact) mass is 178 g/mol. The van der Waals surface area contributed by atoms with Crippen LogP contribution in [0.25, 0.3) is 0 Å². The average molecular weight is 178 g/mol. The highest BCUT2D eigenvalue weighted by atomic mass is 32.2. The Morgan fingerprint density at radius 1 is 1.64 bits per heavy atom. The van der Waals surface area contributed by atoms with Crippen LogP contribution in [0.2, 0.25) is 0 Å². The molecule has 0 radical (unpaired) electrons. The van der Waals surface area contributed by atoms with Gasteiger partial charge in [-0.15, -0.1) is 0 Å². The van der Waals surface area contributed by atoms with Crippen LogP contribution in [-0.4, -0.2) is 38.7 Å². The fraction of sp³-hybridized carbons (Fsp3) is 1.00. The highest BCUT2D eigenvalue weighted by Crippen LogP contribution is 2.15. The molecule has 5 heteroatoms. The first-order valence-electron chi connectivity index (χ1n) is 3.70. The Balaban J connectivity index is 2.50. The molecule has 1 aliphatic heterocycles. The molecule has 1 rings (SSSR count). The van der Waals surface area contributed by atoms with Crippen LogP contribution in [0.5, 0.6) is 0 Å². The molecule has 1 fully saturated rings. The molecule has 0 spiro atoms. The van der Waals surface area contributed by atoms with E-state index >= 15 is 0 Å². The van der Waals surface area contributed by atoms with Gasteiger partial charge in [0.15, 0.2) is 0 Å². The van der Waals surface area contributed by atoms with Crippen molar-refractivity contribution in [2.75, 3.05) is 19.3 Å². The van der Waals surface area contributed by atoms with Crippen LogP contribution in [0.1, 0.15) is 12.8 Å². The lowest BCUT2D eigenvalue weighted by Crippen LogP contribution is -2.34.